The van der Waals surface area contributed by atoms with E-state index in [0.29, 0.717) is 25.3 Å². The van der Waals surface area contributed by atoms with Crippen molar-refractivity contribution < 1.29 is 23.9 Å². The number of nitrogens with zero attached hydrogens (tertiary/aromatic N) is 3. The summed E-state index contributed by atoms with van der Waals surface area (Å²) in [5, 5.41) is 20.1. The summed E-state index contributed by atoms with van der Waals surface area (Å²) in [7, 11) is 0. The molecule has 1 aromatic rings. The summed E-state index contributed by atoms with van der Waals surface area (Å²) in [6.45, 7) is 2.70. The molecule has 1 fully saturated rings. The highest BCUT2D eigenvalue weighted by Gasteiger charge is 2.23. The number of hydrogen-bond acceptors (Lipinski definition) is 8. The summed E-state index contributed by atoms with van der Waals surface area (Å²) in [6.07, 6.45) is 1.52. The number of ether oxygens (including phenoxy) is 3. The second kappa shape index (κ2) is 8.75. The third-order valence-corrected chi connectivity index (χ3v) is 3.37. The van der Waals surface area contributed by atoms with Crippen LogP contribution in [0.15, 0.2) is 23.2 Å². The van der Waals surface area contributed by atoms with Gasteiger partial charge in [-0.05, 0) is 13.0 Å². The molecule has 1 saturated heterocycles. The molecule has 2 rings (SSSR count). The van der Waals surface area contributed by atoms with E-state index >= 15 is 0 Å². The van der Waals surface area contributed by atoms with Crippen molar-refractivity contribution in [1.29, 1.82) is 5.26 Å². The van der Waals surface area contributed by atoms with Crippen molar-refractivity contribution in [3.63, 3.8) is 0 Å². The zero-order valence-corrected chi connectivity index (χ0v) is 13.6. The van der Waals surface area contributed by atoms with Gasteiger partial charge in [-0.3, -0.25) is 19.9 Å². The van der Waals surface area contributed by atoms with E-state index in [1.54, 1.807) is 13.0 Å². The summed E-state index contributed by atoms with van der Waals surface area (Å²) >= 11 is 0. The van der Waals surface area contributed by atoms with Crippen LogP contribution in [0.5, 0.6) is 5.75 Å². The number of nitro benzene ring substituents is 1. The molecule has 0 radical (unpaired) electrons. The van der Waals surface area contributed by atoms with Crippen LogP contribution in [0.3, 0.4) is 0 Å². The van der Waals surface area contributed by atoms with Crippen LogP contribution in [0.1, 0.15) is 13.3 Å². The molecule has 0 amide bonds. The third kappa shape index (κ3) is 4.99. The molecule has 25 heavy (non-hydrogen) atoms. The molecule has 9 heteroatoms. The first-order valence-corrected chi connectivity index (χ1v) is 7.68. The van der Waals surface area contributed by atoms with Gasteiger partial charge < -0.3 is 14.2 Å². The molecule has 9 nitrogen and oxygen atoms in total. The molecule has 1 aliphatic rings. The molecule has 1 heterocycles. The van der Waals surface area contributed by atoms with Crippen LogP contribution in [0.4, 0.5) is 11.4 Å². The Labute approximate surface area is 144 Å². The Morgan fingerprint density at radius 3 is 3.04 bits per heavy atom. The van der Waals surface area contributed by atoms with Gasteiger partial charge in [-0.1, -0.05) is 0 Å². The number of benzene rings is 1. The Morgan fingerprint density at radius 1 is 1.64 bits per heavy atom. The second-order valence-corrected chi connectivity index (χ2v) is 5.15. The van der Waals surface area contributed by atoms with Gasteiger partial charge in [-0.15, -0.1) is 0 Å². The largest absolute Gasteiger partial charge is 0.481 e. The molecule has 2 atom stereocenters. The highest BCUT2D eigenvalue weighted by Crippen LogP contribution is 2.33. The molecule has 0 spiro atoms. The van der Waals surface area contributed by atoms with Gasteiger partial charge in [0.05, 0.1) is 36.5 Å². The smallest absolute Gasteiger partial charge is 0.328 e. The summed E-state index contributed by atoms with van der Waals surface area (Å²) < 4.78 is 15.6. The van der Waals surface area contributed by atoms with Crippen LogP contribution in [0.2, 0.25) is 0 Å². The van der Waals surface area contributed by atoms with Crippen molar-refractivity contribution in [2.45, 2.75) is 19.4 Å². The van der Waals surface area contributed by atoms with Crippen molar-refractivity contribution in [2.24, 2.45) is 10.9 Å². The van der Waals surface area contributed by atoms with Gasteiger partial charge in [-0.25, -0.2) is 0 Å². The first-order chi connectivity index (χ1) is 12.0. The summed E-state index contributed by atoms with van der Waals surface area (Å²) in [4.78, 5) is 26.2. The average Bonchev–Trinajstić information content (AvgIpc) is 3.08. The molecular formula is C16H17N3O6. The fourth-order valence-electron chi connectivity index (χ4n) is 2.15. The SMILES string of the molecule is CCOC(=O)C(C#N)C=Nc1ccc([N+](=O)[O-])c(OC2CCOC2)c1. The quantitative estimate of drug-likeness (QED) is 0.320. The molecule has 0 aromatic heterocycles. The molecule has 0 N–H and O–H groups in total. The van der Waals surface area contributed by atoms with Crippen LogP contribution in [-0.4, -0.2) is 43.0 Å². The Hall–Kier alpha value is -2.99. The molecular weight excluding hydrogens is 330 g/mol. The lowest BCUT2D eigenvalue weighted by Gasteiger charge is -2.12. The summed E-state index contributed by atoms with van der Waals surface area (Å²) in [5.41, 5.74) is 0.136. The molecule has 2 unspecified atom stereocenters. The lowest BCUT2D eigenvalue weighted by Crippen LogP contribution is -2.17. The minimum Gasteiger partial charge on any atom is -0.481 e. The lowest BCUT2D eigenvalue weighted by atomic mass is 10.2. The van der Waals surface area contributed by atoms with Crippen LogP contribution in [-0.2, 0) is 14.3 Å². The zero-order valence-electron chi connectivity index (χ0n) is 13.6. The Morgan fingerprint density at radius 2 is 2.44 bits per heavy atom. The van der Waals surface area contributed by atoms with Gasteiger partial charge in [0.1, 0.15) is 6.10 Å². The number of nitro groups is 1. The van der Waals surface area contributed by atoms with Crippen molar-refractivity contribution >= 4 is 23.6 Å². The minimum atomic E-state index is -1.15. The predicted molar refractivity (Wildman–Crippen MR) is 86.8 cm³/mol. The first-order valence-electron chi connectivity index (χ1n) is 7.68. The van der Waals surface area contributed by atoms with Gasteiger partial charge in [0.15, 0.2) is 11.7 Å². The standard InChI is InChI=1S/C16H17N3O6/c1-2-24-16(20)11(8-17)9-18-12-3-4-14(19(21)22)15(7-12)25-13-5-6-23-10-13/h3-4,7,9,11,13H,2,5-6,10H2,1H3. The van der Waals surface area contributed by atoms with Crippen LogP contribution < -0.4 is 4.74 Å². The summed E-state index contributed by atoms with van der Waals surface area (Å²) in [6, 6.07) is 5.85. The highest BCUT2D eigenvalue weighted by atomic mass is 16.6. The fraction of sp³-hybridized carbons (Fsp3) is 0.438. The van der Waals surface area contributed by atoms with E-state index in [0.717, 1.165) is 6.21 Å². The van der Waals surface area contributed by atoms with Gasteiger partial charge >= 0.3 is 11.7 Å². The molecule has 132 valence electrons. The van der Waals surface area contributed by atoms with Crippen molar-refractivity contribution in [3.8, 4) is 11.8 Å². The number of carbonyl (C=O) groups excluding carboxylic acids is 1. The maximum atomic E-state index is 11.6. The Bertz CT molecular complexity index is 706. The normalized spacial score (nSPS) is 17.8. The number of carbonyl (C=O) groups is 1. The third-order valence-electron chi connectivity index (χ3n) is 3.37. The van der Waals surface area contributed by atoms with E-state index < -0.39 is 16.8 Å². The average molecular weight is 347 g/mol. The van der Waals surface area contributed by atoms with Crippen molar-refractivity contribution in [2.75, 3.05) is 19.8 Å². The van der Waals surface area contributed by atoms with Crippen LogP contribution in [0.25, 0.3) is 0 Å². The van der Waals surface area contributed by atoms with Crippen molar-refractivity contribution in [1.82, 2.24) is 0 Å². The Balaban J connectivity index is 2.20. The molecule has 1 aliphatic heterocycles. The van der Waals surface area contributed by atoms with E-state index in [1.807, 2.05) is 0 Å². The first kappa shape index (κ1) is 18.4. The monoisotopic (exact) mass is 347 g/mol. The fourth-order valence-corrected chi connectivity index (χ4v) is 2.15. The van der Waals surface area contributed by atoms with E-state index in [1.165, 1.54) is 18.2 Å². The number of rotatable bonds is 7. The number of hydrogen-bond donors (Lipinski definition) is 0. The van der Waals surface area contributed by atoms with E-state index in [2.05, 4.69) is 4.99 Å². The minimum absolute atomic E-state index is 0.0693. The maximum Gasteiger partial charge on any atom is 0.328 e. The highest BCUT2D eigenvalue weighted by molar-refractivity contribution is 5.93. The topological polar surface area (TPSA) is 124 Å². The van der Waals surface area contributed by atoms with E-state index in [9.17, 15) is 14.9 Å². The number of aliphatic imine (C=N–C) groups is 1. The number of nitriles is 1. The van der Waals surface area contributed by atoms with Crippen LogP contribution >= 0.6 is 0 Å². The van der Waals surface area contributed by atoms with E-state index in [4.69, 9.17) is 19.5 Å². The van der Waals surface area contributed by atoms with Gasteiger partial charge in [0.25, 0.3) is 0 Å². The zero-order chi connectivity index (χ0) is 18.2. The van der Waals surface area contributed by atoms with Gasteiger partial charge in [0.2, 0.25) is 0 Å². The number of esters is 1. The summed E-state index contributed by atoms with van der Waals surface area (Å²) in [5.74, 6) is -1.78. The van der Waals surface area contributed by atoms with E-state index in [-0.39, 0.29) is 24.1 Å². The maximum absolute atomic E-state index is 11.6. The van der Waals surface area contributed by atoms with Crippen LogP contribution in [0, 0.1) is 27.4 Å². The lowest BCUT2D eigenvalue weighted by molar-refractivity contribution is -0.386. The van der Waals surface area contributed by atoms with Crippen molar-refractivity contribution in [3.05, 3.63) is 28.3 Å². The van der Waals surface area contributed by atoms with Gasteiger partial charge in [-0.2, -0.15) is 5.26 Å². The molecule has 0 saturated carbocycles. The molecule has 1 aromatic carbocycles. The molecule has 0 bridgehead atoms. The predicted octanol–water partition coefficient (Wildman–Crippen LogP) is 2.17. The molecule has 0 aliphatic carbocycles. The van der Waals surface area contributed by atoms with Gasteiger partial charge in [0, 0.05) is 24.8 Å². The Kier molecular flexibility index (Phi) is 6.42. The second-order valence-electron chi connectivity index (χ2n) is 5.15.